The molecule has 1 N–H and O–H groups in total. The Morgan fingerprint density at radius 1 is 1.07 bits per heavy atom. The maximum absolute atomic E-state index is 11.9. The molecule has 4 aliphatic carbocycles. The third-order valence-corrected chi connectivity index (χ3v) is 12.5. The minimum absolute atomic E-state index is 0.209. The molecule has 42 heavy (non-hydrogen) atoms. The minimum Gasteiger partial charge on any atom is -0.478 e. The number of carbonyl (C=O) groups is 1. The Labute approximate surface area is 249 Å². The second kappa shape index (κ2) is 9.76. The second-order valence-corrected chi connectivity index (χ2v) is 15.1. The Hall–Kier alpha value is -2.49. The number of anilines is 1. The van der Waals surface area contributed by atoms with Crippen LogP contribution in [0.25, 0.3) is 10.2 Å². The lowest BCUT2D eigenvalue weighted by Gasteiger charge is -2.31. The van der Waals surface area contributed by atoms with Crippen molar-refractivity contribution >= 4 is 32.7 Å². The van der Waals surface area contributed by atoms with E-state index in [2.05, 4.69) is 10.1 Å². The molecule has 8 nitrogen and oxygen atoms in total. The van der Waals surface area contributed by atoms with Crippen molar-refractivity contribution in [1.82, 2.24) is 10.1 Å². The smallest absolute Gasteiger partial charge is 0.335 e. The molecular weight excluding hydrogens is 550 g/mol. The van der Waals surface area contributed by atoms with E-state index in [1.54, 1.807) is 17.4 Å². The summed E-state index contributed by atoms with van der Waals surface area (Å²) in [5.74, 6) is 1.99. The standard InChI is InChI=1S/C33H39N3O5S/c37-31(38)21-12-24(20-5-10-39-16-20)29-27(13-21)42-32(34-29)36-15-22-11-23(36)14-26(22)40-17-25-28(35-41-30(25)19-1-2-19)18-3-6-33(7-4-18)8-9-33/h12-13,18-20,22-23,26H,1-11,14-17H2,(H,37,38)/t20-,22-,23-,26+/m0/s1. The predicted octanol–water partition coefficient (Wildman–Crippen LogP) is 6.99. The topological polar surface area (TPSA) is 97.9 Å². The normalized spacial score (nSPS) is 30.2. The number of hydrogen-bond acceptors (Lipinski definition) is 8. The summed E-state index contributed by atoms with van der Waals surface area (Å²) in [4.78, 5) is 19.5. The SMILES string of the molecule is O=C(O)c1cc([C@H]2CCOC2)c2nc(N3C[C@@H]4C[C@H]3C[C@H]4OCc3c(C4CCC5(CC4)CC5)noc3C3CC3)sc2c1. The molecule has 0 unspecified atom stereocenters. The van der Waals surface area contributed by atoms with Gasteiger partial charge in [0.2, 0.25) is 0 Å². The van der Waals surface area contributed by atoms with E-state index in [9.17, 15) is 9.90 Å². The van der Waals surface area contributed by atoms with E-state index in [1.165, 1.54) is 62.6 Å². The van der Waals surface area contributed by atoms with Crippen molar-refractivity contribution in [3.05, 3.63) is 40.3 Å². The molecular formula is C33H39N3O5S. The highest BCUT2D eigenvalue weighted by Crippen LogP contribution is 2.59. The quantitative estimate of drug-likeness (QED) is 0.300. The molecule has 9 heteroatoms. The number of thiazole rings is 1. The Morgan fingerprint density at radius 3 is 2.62 bits per heavy atom. The lowest BCUT2D eigenvalue weighted by atomic mass is 9.77. The number of rotatable bonds is 8. The zero-order valence-corrected chi connectivity index (χ0v) is 24.9. The molecule has 222 valence electrons. The van der Waals surface area contributed by atoms with E-state index in [0.717, 1.165) is 59.1 Å². The van der Waals surface area contributed by atoms with E-state index >= 15 is 0 Å². The maximum atomic E-state index is 11.9. The molecule has 2 aromatic heterocycles. The molecule has 2 saturated heterocycles. The van der Waals surface area contributed by atoms with Crippen LogP contribution in [0.3, 0.4) is 0 Å². The predicted molar refractivity (Wildman–Crippen MR) is 159 cm³/mol. The number of ether oxygens (including phenoxy) is 2. The first-order valence-corrected chi connectivity index (χ1v) is 17.0. The Morgan fingerprint density at radius 2 is 1.93 bits per heavy atom. The van der Waals surface area contributed by atoms with Gasteiger partial charge < -0.3 is 24.0 Å². The molecule has 4 heterocycles. The summed E-state index contributed by atoms with van der Waals surface area (Å²) in [6.07, 6.45) is 13.8. The number of benzene rings is 1. The Kier molecular flexibility index (Phi) is 6.03. The van der Waals surface area contributed by atoms with Crippen LogP contribution in [0, 0.1) is 11.3 Å². The van der Waals surface area contributed by atoms with Gasteiger partial charge in [-0.15, -0.1) is 0 Å². The lowest BCUT2D eigenvalue weighted by molar-refractivity contribution is 0.0116. The summed E-state index contributed by atoms with van der Waals surface area (Å²) >= 11 is 1.63. The fourth-order valence-electron chi connectivity index (χ4n) is 8.56. The third kappa shape index (κ3) is 4.41. The summed E-state index contributed by atoms with van der Waals surface area (Å²) < 4.78 is 19.3. The van der Waals surface area contributed by atoms with Gasteiger partial charge in [-0.2, -0.15) is 0 Å². The molecule has 4 atom stereocenters. The number of aromatic carboxylic acids is 1. The van der Waals surface area contributed by atoms with Crippen LogP contribution in [-0.4, -0.2) is 53.1 Å². The number of carboxylic acids is 1. The number of piperidine rings is 1. The highest BCUT2D eigenvalue weighted by atomic mass is 32.1. The fraction of sp³-hybridized carbons (Fsp3) is 0.667. The molecule has 0 amide bonds. The van der Waals surface area contributed by atoms with Crippen molar-refractivity contribution in [2.24, 2.45) is 11.3 Å². The van der Waals surface area contributed by atoms with Gasteiger partial charge in [0.15, 0.2) is 5.13 Å². The molecule has 1 aromatic carbocycles. The molecule has 0 radical (unpaired) electrons. The van der Waals surface area contributed by atoms with Gasteiger partial charge in [0, 0.05) is 48.4 Å². The van der Waals surface area contributed by atoms with Crippen molar-refractivity contribution in [2.45, 2.75) is 107 Å². The molecule has 4 saturated carbocycles. The van der Waals surface area contributed by atoms with Crippen LogP contribution in [0.1, 0.15) is 121 Å². The summed E-state index contributed by atoms with van der Waals surface area (Å²) in [7, 11) is 0. The number of fused-ring (bicyclic) bond motifs is 3. The van der Waals surface area contributed by atoms with Crippen LogP contribution in [0.15, 0.2) is 16.7 Å². The van der Waals surface area contributed by atoms with Crippen LogP contribution < -0.4 is 4.90 Å². The van der Waals surface area contributed by atoms with Gasteiger partial charge in [-0.1, -0.05) is 16.5 Å². The highest BCUT2D eigenvalue weighted by Gasteiger charge is 2.48. The molecule has 1 spiro atoms. The van der Waals surface area contributed by atoms with Crippen LogP contribution >= 0.6 is 11.3 Å². The van der Waals surface area contributed by atoms with Gasteiger partial charge >= 0.3 is 5.97 Å². The first-order chi connectivity index (χ1) is 20.5. The average molecular weight is 590 g/mol. The van der Waals surface area contributed by atoms with E-state index in [0.29, 0.717) is 48.0 Å². The zero-order chi connectivity index (χ0) is 28.0. The molecule has 2 aliphatic heterocycles. The fourth-order valence-corrected chi connectivity index (χ4v) is 9.68. The lowest BCUT2D eigenvalue weighted by Crippen LogP contribution is -2.38. The van der Waals surface area contributed by atoms with Gasteiger partial charge in [-0.3, -0.25) is 0 Å². The van der Waals surface area contributed by atoms with Gasteiger partial charge in [0.05, 0.1) is 40.8 Å². The summed E-state index contributed by atoms with van der Waals surface area (Å²) in [5, 5.41) is 15.4. The van der Waals surface area contributed by atoms with Crippen LogP contribution in [0.4, 0.5) is 5.13 Å². The molecule has 3 aromatic rings. The Bertz CT molecular complexity index is 1520. The highest BCUT2D eigenvalue weighted by molar-refractivity contribution is 7.22. The molecule has 9 rings (SSSR count). The summed E-state index contributed by atoms with van der Waals surface area (Å²) in [5.41, 5.74) is 5.48. The van der Waals surface area contributed by atoms with E-state index < -0.39 is 5.97 Å². The largest absolute Gasteiger partial charge is 0.478 e. The van der Waals surface area contributed by atoms with E-state index in [-0.39, 0.29) is 12.0 Å². The number of nitrogens with zero attached hydrogens (tertiary/aromatic N) is 3. The van der Waals surface area contributed by atoms with E-state index in [4.69, 9.17) is 19.0 Å². The van der Waals surface area contributed by atoms with E-state index in [1.807, 2.05) is 6.07 Å². The van der Waals surface area contributed by atoms with Gasteiger partial charge in [-0.25, -0.2) is 9.78 Å². The third-order valence-electron chi connectivity index (χ3n) is 11.5. The van der Waals surface area contributed by atoms with Crippen LogP contribution in [0.5, 0.6) is 0 Å². The molecule has 2 bridgehead atoms. The monoisotopic (exact) mass is 589 g/mol. The van der Waals surface area contributed by atoms with Crippen molar-refractivity contribution in [3.63, 3.8) is 0 Å². The van der Waals surface area contributed by atoms with Crippen molar-refractivity contribution < 1.29 is 23.9 Å². The summed E-state index contributed by atoms with van der Waals surface area (Å²) in [6, 6.07) is 4.03. The van der Waals surface area contributed by atoms with Crippen LogP contribution in [0.2, 0.25) is 0 Å². The van der Waals surface area contributed by atoms with Gasteiger partial charge in [0.1, 0.15) is 5.76 Å². The number of aromatic nitrogens is 2. The molecule has 6 fully saturated rings. The van der Waals surface area contributed by atoms with Gasteiger partial charge in [-0.05, 0) is 93.7 Å². The van der Waals surface area contributed by atoms with Crippen molar-refractivity contribution in [3.8, 4) is 0 Å². The van der Waals surface area contributed by atoms with Gasteiger partial charge in [0.25, 0.3) is 0 Å². The Balaban J connectivity index is 0.909. The first kappa shape index (κ1) is 26.0. The first-order valence-electron chi connectivity index (χ1n) is 16.2. The minimum atomic E-state index is -0.886. The summed E-state index contributed by atoms with van der Waals surface area (Å²) in [6.45, 7) is 2.93. The number of carboxylic acid groups (broad SMARTS) is 1. The average Bonchev–Trinajstić information content (AvgIpc) is 3.56. The van der Waals surface area contributed by atoms with Crippen molar-refractivity contribution in [1.29, 1.82) is 0 Å². The van der Waals surface area contributed by atoms with Crippen LogP contribution in [-0.2, 0) is 16.1 Å². The zero-order valence-electron chi connectivity index (χ0n) is 24.1. The van der Waals surface area contributed by atoms with Crippen molar-refractivity contribution in [2.75, 3.05) is 24.7 Å². The maximum Gasteiger partial charge on any atom is 0.335 e. The molecule has 6 aliphatic rings. The second-order valence-electron chi connectivity index (χ2n) is 14.1. The number of hydrogen-bond donors (Lipinski definition) is 1.